The van der Waals surface area contributed by atoms with E-state index in [9.17, 15) is 4.79 Å². The first-order valence-corrected chi connectivity index (χ1v) is 6.65. The molecule has 0 amide bonds. The molecule has 0 spiro atoms. The molecule has 4 heteroatoms. The number of carboxylic acids is 1. The average molecular weight is 320 g/mol. The number of anilines is 1. The van der Waals surface area contributed by atoms with Gasteiger partial charge in [-0.1, -0.05) is 40.2 Å². The SMILES string of the molecule is CN(Cc1ccc(C(=O)O)cc1Br)c1ccccc1. The Morgan fingerprint density at radius 3 is 2.47 bits per heavy atom. The summed E-state index contributed by atoms with van der Waals surface area (Å²) < 4.78 is 0.815. The Kier molecular flexibility index (Phi) is 4.22. The summed E-state index contributed by atoms with van der Waals surface area (Å²) in [5.74, 6) is -0.913. The fourth-order valence-electron chi connectivity index (χ4n) is 1.84. The van der Waals surface area contributed by atoms with E-state index < -0.39 is 5.97 Å². The van der Waals surface area contributed by atoms with Crippen molar-refractivity contribution in [3.8, 4) is 0 Å². The normalized spacial score (nSPS) is 10.2. The van der Waals surface area contributed by atoms with Gasteiger partial charge in [0.1, 0.15) is 0 Å². The molecule has 0 aliphatic heterocycles. The molecular weight excluding hydrogens is 306 g/mol. The molecule has 2 rings (SSSR count). The van der Waals surface area contributed by atoms with Crippen LogP contribution in [0.25, 0.3) is 0 Å². The van der Waals surface area contributed by atoms with Crippen LogP contribution in [0.5, 0.6) is 0 Å². The summed E-state index contributed by atoms with van der Waals surface area (Å²) in [5, 5.41) is 8.93. The molecule has 0 aliphatic rings. The lowest BCUT2D eigenvalue weighted by Gasteiger charge is -2.20. The lowest BCUT2D eigenvalue weighted by Crippen LogP contribution is -2.16. The molecule has 3 nitrogen and oxygen atoms in total. The highest BCUT2D eigenvalue weighted by atomic mass is 79.9. The number of carboxylic acid groups (broad SMARTS) is 1. The number of benzene rings is 2. The Labute approximate surface area is 120 Å². The van der Waals surface area contributed by atoms with Crippen molar-refractivity contribution in [1.29, 1.82) is 0 Å². The maximum atomic E-state index is 10.9. The van der Waals surface area contributed by atoms with Gasteiger partial charge in [0, 0.05) is 23.8 Å². The van der Waals surface area contributed by atoms with Gasteiger partial charge >= 0.3 is 5.97 Å². The van der Waals surface area contributed by atoms with Crippen LogP contribution < -0.4 is 4.90 Å². The van der Waals surface area contributed by atoms with Crippen molar-refractivity contribution in [2.45, 2.75) is 6.54 Å². The number of rotatable bonds is 4. The molecule has 0 saturated carbocycles. The van der Waals surface area contributed by atoms with Crippen molar-refractivity contribution >= 4 is 27.6 Å². The minimum Gasteiger partial charge on any atom is -0.478 e. The van der Waals surface area contributed by atoms with Crippen molar-refractivity contribution in [3.63, 3.8) is 0 Å². The van der Waals surface area contributed by atoms with Crippen LogP contribution in [0.15, 0.2) is 53.0 Å². The van der Waals surface area contributed by atoms with Gasteiger partial charge in [-0.3, -0.25) is 0 Å². The highest BCUT2D eigenvalue weighted by molar-refractivity contribution is 9.10. The van der Waals surface area contributed by atoms with Crippen molar-refractivity contribution in [2.75, 3.05) is 11.9 Å². The Bertz CT molecular complexity index is 584. The summed E-state index contributed by atoms with van der Waals surface area (Å²) in [6.07, 6.45) is 0. The molecule has 0 saturated heterocycles. The number of hydrogen-bond acceptors (Lipinski definition) is 2. The second-order valence-corrected chi connectivity index (χ2v) is 5.16. The van der Waals surface area contributed by atoms with Crippen LogP contribution in [-0.4, -0.2) is 18.1 Å². The van der Waals surface area contributed by atoms with E-state index in [4.69, 9.17) is 5.11 Å². The molecule has 1 N–H and O–H groups in total. The van der Waals surface area contributed by atoms with Crippen molar-refractivity contribution in [2.24, 2.45) is 0 Å². The minimum atomic E-state index is -0.913. The first-order valence-electron chi connectivity index (χ1n) is 5.86. The molecule has 0 aliphatic carbocycles. The fourth-order valence-corrected chi connectivity index (χ4v) is 2.34. The number of hydrogen-bond donors (Lipinski definition) is 1. The van der Waals surface area contributed by atoms with E-state index in [1.54, 1.807) is 12.1 Å². The van der Waals surface area contributed by atoms with E-state index in [0.717, 1.165) is 15.7 Å². The summed E-state index contributed by atoms with van der Waals surface area (Å²) in [5.41, 5.74) is 2.46. The predicted octanol–water partition coefficient (Wildman–Crippen LogP) is 3.78. The summed E-state index contributed by atoms with van der Waals surface area (Å²) in [6, 6.07) is 15.2. The van der Waals surface area contributed by atoms with Gasteiger partial charge in [-0.15, -0.1) is 0 Å². The molecule has 0 aromatic heterocycles. The first kappa shape index (κ1) is 13.6. The van der Waals surface area contributed by atoms with Crippen LogP contribution in [-0.2, 0) is 6.54 Å². The summed E-state index contributed by atoms with van der Waals surface area (Å²) in [7, 11) is 2.01. The van der Waals surface area contributed by atoms with Gasteiger partial charge < -0.3 is 10.0 Å². The lowest BCUT2D eigenvalue weighted by molar-refractivity contribution is 0.0697. The Hall–Kier alpha value is -1.81. The average Bonchev–Trinajstić information content (AvgIpc) is 2.41. The molecule has 0 atom stereocenters. The lowest BCUT2D eigenvalue weighted by atomic mass is 10.1. The Morgan fingerprint density at radius 2 is 1.89 bits per heavy atom. The van der Waals surface area contributed by atoms with E-state index in [0.29, 0.717) is 6.54 Å². The smallest absolute Gasteiger partial charge is 0.335 e. The Morgan fingerprint density at radius 1 is 1.21 bits per heavy atom. The van der Waals surface area contributed by atoms with Gasteiger partial charge in [0.05, 0.1) is 5.56 Å². The third-order valence-electron chi connectivity index (χ3n) is 2.90. The predicted molar refractivity (Wildman–Crippen MR) is 79.7 cm³/mol. The van der Waals surface area contributed by atoms with Gasteiger partial charge in [-0.2, -0.15) is 0 Å². The number of nitrogens with zero attached hydrogens (tertiary/aromatic N) is 1. The third kappa shape index (κ3) is 3.35. The topological polar surface area (TPSA) is 40.5 Å². The number of halogens is 1. The monoisotopic (exact) mass is 319 g/mol. The molecule has 2 aromatic carbocycles. The highest BCUT2D eigenvalue weighted by Gasteiger charge is 2.08. The molecule has 19 heavy (non-hydrogen) atoms. The summed E-state index contributed by atoms with van der Waals surface area (Å²) in [6.45, 7) is 0.713. The second kappa shape index (κ2) is 5.89. The van der Waals surface area contributed by atoms with Crippen LogP contribution in [0.4, 0.5) is 5.69 Å². The molecule has 0 fully saturated rings. The molecule has 0 heterocycles. The third-order valence-corrected chi connectivity index (χ3v) is 3.64. The molecule has 0 unspecified atom stereocenters. The van der Waals surface area contributed by atoms with E-state index in [2.05, 4.69) is 20.8 Å². The van der Waals surface area contributed by atoms with Crippen LogP contribution in [0.2, 0.25) is 0 Å². The maximum absolute atomic E-state index is 10.9. The number of carbonyl (C=O) groups is 1. The summed E-state index contributed by atoms with van der Waals surface area (Å²) in [4.78, 5) is 13.0. The van der Waals surface area contributed by atoms with Crippen molar-refractivity contribution < 1.29 is 9.90 Å². The zero-order valence-corrected chi connectivity index (χ0v) is 12.1. The van der Waals surface area contributed by atoms with Gasteiger partial charge in [0.2, 0.25) is 0 Å². The van der Waals surface area contributed by atoms with Crippen LogP contribution in [0, 0.1) is 0 Å². The standard InChI is InChI=1S/C15H14BrNO2/c1-17(13-5-3-2-4-6-13)10-12-8-7-11(15(18)19)9-14(12)16/h2-9H,10H2,1H3,(H,18,19). The van der Waals surface area contributed by atoms with E-state index in [-0.39, 0.29) is 5.56 Å². The van der Waals surface area contributed by atoms with Gasteiger partial charge in [-0.25, -0.2) is 4.79 Å². The quantitative estimate of drug-likeness (QED) is 0.932. The maximum Gasteiger partial charge on any atom is 0.335 e. The van der Waals surface area contributed by atoms with Gasteiger partial charge in [0.25, 0.3) is 0 Å². The van der Waals surface area contributed by atoms with Crippen molar-refractivity contribution in [1.82, 2.24) is 0 Å². The zero-order valence-electron chi connectivity index (χ0n) is 10.5. The number of aromatic carboxylic acids is 1. The highest BCUT2D eigenvalue weighted by Crippen LogP contribution is 2.22. The van der Waals surface area contributed by atoms with E-state index in [1.807, 2.05) is 43.4 Å². The number of para-hydroxylation sites is 1. The molecule has 98 valence electrons. The molecule has 0 radical (unpaired) electrons. The van der Waals surface area contributed by atoms with Gasteiger partial charge in [-0.05, 0) is 29.8 Å². The molecular formula is C15H14BrNO2. The van der Waals surface area contributed by atoms with Crippen LogP contribution in [0.1, 0.15) is 15.9 Å². The van der Waals surface area contributed by atoms with Crippen LogP contribution in [0.3, 0.4) is 0 Å². The molecule has 2 aromatic rings. The fraction of sp³-hybridized carbons (Fsp3) is 0.133. The van der Waals surface area contributed by atoms with Gasteiger partial charge in [0.15, 0.2) is 0 Å². The first-order chi connectivity index (χ1) is 9.08. The largest absolute Gasteiger partial charge is 0.478 e. The van der Waals surface area contributed by atoms with Crippen LogP contribution >= 0.6 is 15.9 Å². The van der Waals surface area contributed by atoms with E-state index in [1.165, 1.54) is 0 Å². The zero-order chi connectivity index (χ0) is 13.8. The summed E-state index contributed by atoms with van der Waals surface area (Å²) >= 11 is 3.43. The minimum absolute atomic E-state index is 0.290. The van der Waals surface area contributed by atoms with Crippen molar-refractivity contribution in [3.05, 3.63) is 64.1 Å². The Balaban J connectivity index is 2.18. The van der Waals surface area contributed by atoms with E-state index >= 15 is 0 Å². The molecule has 0 bridgehead atoms. The second-order valence-electron chi connectivity index (χ2n) is 4.30.